The molecule has 1 aromatic carbocycles. The van der Waals surface area contributed by atoms with Crippen LogP contribution in [0.15, 0.2) is 35.9 Å². The highest BCUT2D eigenvalue weighted by molar-refractivity contribution is 5.87. The lowest BCUT2D eigenvalue weighted by molar-refractivity contribution is -0.136. The molecule has 0 fully saturated rings. The lowest BCUT2D eigenvalue weighted by Crippen LogP contribution is -2.04. The van der Waals surface area contributed by atoms with Crippen molar-refractivity contribution in [1.82, 2.24) is 0 Å². The smallest absolute Gasteiger partial charge is 0.333 e. The van der Waals surface area contributed by atoms with Crippen molar-refractivity contribution in [3.63, 3.8) is 0 Å². The highest BCUT2D eigenvalue weighted by Crippen LogP contribution is 2.21. The van der Waals surface area contributed by atoms with Gasteiger partial charge in [0.05, 0.1) is 7.11 Å². The SMILES string of the molecule is CCC(C)c1ccc(OC/C=C(/C)C(=O)OC)cc1. The Bertz CT molecular complexity index is 432. The summed E-state index contributed by atoms with van der Waals surface area (Å²) in [6.07, 6.45) is 2.84. The van der Waals surface area contributed by atoms with Crippen LogP contribution in [0.25, 0.3) is 0 Å². The molecule has 3 nitrogen and oxygen atoms in total. The van der Waals surface area contributed by atoms with Crippen LogP contribution in [0.3, 0.4) is 0 Å². The molecule has 1 rings (SSSR count). The topological polar surface area (TPSA) is 35.5 Å². The van der Waals surface area contributed by atoms with E-state index in [1.807, 2.05) is 12.1 Å². The average Bonchev–Trinajstić information content (AvgIpc) is 2.46. The molecule has 0 saturated heterocycles. The van der Waals surface area contributed by atoms with Crippen LogP contribution in [0, 0.1) is 0 Å². The average molecular weight is 262 g/mol. The number of methoxy groups -OCH3 is 1. The van der Waals surface area contributed by atoms with Crippen LogP contribution in [0.5, 0.6) is 5.75 Å². The van der Waals surface area contributed by atoms with Crippen LogP contribution >= 0.6 is 0 Å². The van der Waals surface area contributed by atoms with E-state index in [-0.39, 0.29) is 5.97 Å². The maximum atomic E-state index is 11.2. The van der Waals surface area contributed by atoms with E-state index < -0.39 is 0 Å². The molecule has 0 heterocycles. The Morgan fingerprint density at radius 2 is 1.95 bits per heavy atom. The van der Waals surface area contributed by atoms with Crippen molar-refractivity contribution >= 4 is 5.97 Å². The molecule has 3 heteroatoms. The first-order valence-electron chi connectivity index (χ1n) is 6.56. The third-order valence-electron chi connectivity index (χ3n) is 3.21. The molecule has 0 aliphatic carbocycles. The van der Waals surface area contributed by atoms with Gasteiger partial charge in [-0.2, -0.15) is 0 Å². The van der Waals surface area contributed by atoms with Gasteiger partial charge in [-0.15, -0.1) is 0 Å². The molecule has 1 aromatic rings. The molecule has 0 aliphatic heterocycles. The van der Waals surface area contributed by atoms with E-state index in [4.69, 9.17) is 4.74 Å². The molecule has 0 N–H and O–H groups in total. The standard InChI is InChI=1S/C16H22O3/c1-5-12(2)14-6-8-15(9-7-14)19-11-10-13(3)16(17)18-4/h6-10,12H,5,11H2,1-4H3/b13-10-. The molecule has 104 valence electrons. The zero-order valence-electron chi connectivity index (χ0n) is 12.1. The van der Waals surface area contributed by atoms with Gasteiger partial charge in [0.1, 0.15) is 12.4 Å². The van der Waals surface area contributed by atoms with Crippen molar-refractivity contribution < 1.29 is 14.3 Å². The molecule has 0 bridgehead atoms. The molecule has 1 atom stereocenters. The predicted octanol–water partition coefficient (Wildman–Crippen LogP) is 3.70. The molecule has 0 aromatic heterocycles. The van der Waals surface area contributed by atoms with Gasteiger partial charge in [0.25, 0.3) is 0 Å². The summed E-state index contributed by atoms with van der Waals surface area (Å²) >= 11 is 0. The molecular weight excluding hydrogens is 240 g/mol. The van der Waals surface area contributed by atoms with Gasteiger partial charge in [-0.3, -0.25) is 0 Å². The Balaban J connectivity index is 2.53. The fourth-order valence-corrected chi connectivity index (χ4v) is 1.64. The van der Waals surface area contributed by atoms with E-state index in [0.29, 0.717) is 18.1 Å². The molecule has 0 spiro atoms. The Morgan fingerprint density at radius 3 is 2.47 bits per heavy atom. The second kappa shape index (κ2) is 7.62. The van der Waals surface area contributed by atoms with E-state index in [1.54, 1.807) is 13.0 Å². The summed E-state index contributed by atoms with van der Waals surface area (Å²) in [5, 5.41) is 0. The van der Waals surface area contributed by atoms with Crippen molar-refractivity contribution in [2.45, 2.75) is 33.1 Å². The van der Waals surface area contributed by atoms with E-state index in [1.165, 1.54) is 12.7 Å². The van der Waals surface area contributed by atoms with Gasteiger partial charge in [0, 0.05) is 5.57 Å². The van der Waals surface area contributed by atoms with Crippen LogP contribution in [-0.2, 0) is 9.53 Å². The lowest BCUT2D eigenvalue weighted by atomic mass is 9.99. The van der Waals surface area contributed by atoms with Gasteiger partial charge in [0.2, 0.25) is 0 Å². The largest absolute Gasteiger partial charge is 0.490 e. The maximum Gasteiger partial charge on any atom is 0.333 e. The zero-order valence-corrected chi connectivity index (χ0v) is 12.1. The minimum Gasteiger partial charge on any atom is -0.490 e. The number of rotatable bonds is 6. The van der Waals surface area contributed by atoms with Crippen LogP contribution in [0.4, 0.5) is 0 Å². The van der Waals surface area contributed by atoms with Crippen LogP contribution in [0.1, 0.15) is 38.7 Å². The van der Waals surface area contributed by atoms with Crippen molar-refractivity contribution in [2.24, 2.45) is 0 Å². The number of carbonyl (C=O) groups is 1. The van der Waals surface area contributed by atoms with Crippen LogP contribution in [-0.4, -0.2) is 19.7 Å². The predicted molar refractivity (Wildman–Crippen MR) is 76.4 cm³/mol. The van der Waals surface area contributed by atoms with Crippen LogP contribution < -0.4 is 4.74 Å². The fourth-order valence-electron chi connectivity index (χ4n) is 1.64. The zero-order chi connectivity index (χ0) is 14.3. The summed E-state index contributed by atoms with van der Waals surface area (Å²) in [7, 11) is 1.37. The highest BCUT2D eigenvalue weighted by Gasteiger charge is 2.03. The van der Waals surface area contributed by atoms with Gasteiger partial charge in [-0.1, -0.05) is 26.0 Å². The Kier molecular flexibility index (Phi) is 6.13. The van der Waals surface area contributed by atoms with Crippen molar-refractivity contribution in [3.05, 3.63) is 41.5 Å². The Morgan fingerprint density at radius 1 is 1.32 bits per heavy atom. The van der Waals surface area contributed by atoms with E-state index in [0.717, 1.165) is 12.2 Å². The van der Waals surface area contributed by atoms with Crippen LogP contribution in [0.2, 0.25) is 0 Å². The van der Waals surface area contributed by atoms with Gasteiger partial charge in [-0.05, 0) is 43.0 Å². The summed E-state index contributed by atoms with van der Waals surface area (Å²) in [5.74, 6) is 1.05. The molecule has 19 heavy (non-hydrogen) atoms. The molecule has 0 radical (unpaired) electrons. The number of benzene rings is 1. The third kappa shape index (κ3) is 4.78. The normalized spacial score (nSPS) is 12.9. The number of ether oxygens (including phenoxy) is 2. The minimum absolute atomic E-state index is 0.323. The van der Waals surface area contributed by atoms with Gasteiger partial charge < -0.3 is 9.47 Å². The Hall–Kier alpha value is -1.77. The number of hydrogen-bond donors (Lipinski definition) is 0. The molecule has 1 unspecified atom stereocenters. The van der Waals surface area contributed by atoms with E-state index >= 15 is 0 Å². The van der Waals surface area contributed by atoms with Gasteiger partial charge in [-0.25, -0.2) is 4.79 Å². The first kappa shape index (κ1) is 15.3. The summed E-state index contributed by atoms with van der Waals surface area (Å²) in [5.41, 5.74) is 1.87. The number of hydrogen-bond acceptors (Lipinski definition) is 3. The number of esters is 1. The van der Waals surface area contributed by atoms with Crippen molar-refractivity contribution in [1.29, 1.82) is 0 Å². The first-order valence-corrected chi connectivity index (χ1v) is 6.56. The summed E-state index contributed by atoms with van der Waals surface area (Å²) in [6.45, 7) is 6.46. The van der Waals surface area contributed by atoms with Crippen molar-refractivity contribution in [3.8, 4) is 5.75 Å². The molecule has 0 amide bonds. The Labute approximate surface area is 115 Å². The lowest BCUT2D eigenvalue weighted by Gasteiger charge is -2.10. The minimum atomic E-state index is -0.323. The van der Waals surface area contributed by atoms with Gasteiger partial charge in [0.15, 0.2) is 0 Å². The summed E-state index contributed by atoms with van der Waals surface area (Å²) < 4.78 is 10.2. The summed E-state index contributed by atoms with van der Waals surface area (Å²) in [4.78, 5) is 11.2. The van der Waals surface area contributed by atoms with E-state index in [9.17, 15) is 4.79 Å². The van der Waals surface area contributed by atoms with Crippen molar-refractivity contribution in [2.75, 3.05) is 13.7 Å². The quantitative estimate of drug-likeness (QED) is 0.579. The summed E-state index contributed by atoms with van der Waals surface area (Å²) in [6, 6.07) is 8.09. The molecule has 0 aliphatic rings. The fraction of sp³-hybridized carbons (Fsp3) is 0.438. The first-order chi connectivity index (χ1) is 9.08. The van der Waals surface area contributed by atoms with Gasteiger partial charge >= 0.3 is 5.97 Å². The highest BCUT2D eigenvalue weighted by atomic mass is 16.5. The van der Waals surface area contributed by atoms with E-state index in [2.05, 4.69) is 30.7 Å². The number of carbonyl (C=O) groups excluding carboxylic acids is 1. The molecular formula is C16H22O3. The monoisotopic (exact) mass is 262 g/mol. The second-order valence-electron chi connectivity index (χ2n) is 4.57. The molecule has 0 saturated carbocycles. The second-order valence-corrected chi connectivity index (χ2v) is 4.57. The third-order valence-corrected chi connectivity index (χ3v) is 3.21. The maximum absolute atomic E-state index is 11.2.